The van der Waals surface area contributed by atoms with E-state index in [1.807, 2.05) is 6.92 Å². The van der Waals surface area contributed by atoms with Crippen LogP contribution in [0.15, 0.2) is 36.4 Å². The van der Waals surface area contributed by atoms with Gasteiger partial charge in [-0.25, -0.2) is 8.78 Å². The maximum absolute atomic E-state index is 13.9. The first-order chi connectivity index (χ1) is 10.5. The smallest absolute Gasteiger partial charge is 0.161 e. The summed E-state index contributed by atoms with van der Waals surface area (Å²) in [7, 11) is 0. The van der Waals surface area contributed by atoms with Gasteiger partial charge in [0.05, 0.1) is 6.61 Å². The van der Waals surface area contributed by atoms with Crippen molar-refractivity contribution in [1.82, 2.24) is 0 Å². The molecule has 2 aromatic rings. The fraction of sp³-hybridized carbons (Fsp3) is 0.294. The quantitative estimate of drug-likeness (QED) is 0.860. The van der Waals surface area contributed by atoms with E-state index in [0.29, 0.717) is 24.3 Å². The third-order valence-corrected chi connectivity index (χ3v) is 3.49. The molecule has 5 heteroatoms. The van der Waals surface area contributed by atoms with E-state index >= 15 is 0 Å². The first kappa shape index (κ1) is 16.2. The normalized spacial score (nSPS) is 12.2. The highest BCUT2D eigenvalue weighted by Crippen LogP contribution is 2.30. The summed E-state index contributed by atoms with van der Waals surface area (Å²) < 4.78 is 32.2. The number of aromatic hydroxyl groups is 1. The predicted octanol–water partition coefficient (Wildman–Crippen LogP) is 3.35. The summed E-state index contributed by atoms with van der Waals surface area (Å²) in [5, 5.41) is 9.70. The Kier molecular flexibility index (Phi) is 5.33. The molecule has 1 atom stereocenters. The number of phenolic OH excluding ortho intramolecular Hbond substituents is 1. The molecule has 3 N–H and O–H groups in total. The van der Waals surface area contributed by atoms with Crippen molar-refractivity contribution in [3.05, 3.63) is 59.2 Å². The van der Waals surface area contributed by atoms with Gasteiger partial charge in [0.2, 0.25) is 0 Å². The Morgan fingerprint density at radius 1 is 1.18 bits per heavy atom. The molecule has 2 rings (SSSR count). The zero-order valence-electron chi connectivity index (χ0n) is 12.4. The van der Waals surface area contributed by atoms with Crippen LogP contribution >= 0.6 is 0 Å². The number of hydrogen-bond donors (Lipinski definition) is 2. The Labute approximate surface area is 128 Å². The van der Waals surface area contributed by atoms with Crippen LogP contribution in [0.3, 0.4) is 0 Å². The first-order valence-corrected chi connectivity index (χ1v) is 7.14. The van der Waals surface area contributed by atoms with Crippen molar-refractivity contribution >= 4 is 0 Å². The Morgan fingerprint density at radius 3 is 2.59 bits per heavy atom. The SMILES string of the molecule is CCOc1cc(CC(CN)c2ccc(F)cc2F)ccc1O. The van der Waals surface area contributed by atoms with Gasteiger partial charge in [0.15, 0.2) is 11.5 Å². The van der Waals surface area contributed by atoms with Gasteiger partial charge in [0, 0.05) is 12.0 Å². The summed E-state index contributed by atoms with van der Waals surface area (Å²) in [4.78, 5) is 0. The lowest BCUT2D eigenvalue weighted by Gasteiger charge is -2.17. The van der Waals surface area contributed by atoms with Gasteiger partial charge in [-0.15, -0.1) is 0 Å². The van der Waals surface area contributed by atoms with Crippen LogP contribution in [0, 0.1) is 11.6 Å². The predicted molar refractivity (Wildman–Crippen MR) is 81.1 cm³/mol. The first-order valence-electron chi connectivity index (χ1n) is 7.14. The van der Waals surface area contributed by atoms with Crippen LogP contribution < -0.4 is 10.5 Å². The van der Waals surface area contributed by atoms with Gasteiger partial charge in [0.25, 0.3) is 0 Å². The molecule has 0 spiro atoms. The van der Waals surface area contributed by atoms with E-state index in [1.165, 1.54) is 18.2 Å². The highest BCUT2D eigenvalue weighted by molar-refractivity contribution is 5.42. The molecule has 0 saturated heterocycles. The van der Waals surface area contributed by atoms with Crippen LogP contribution in [0.5, 0.6) is 11.5 Å². The number of phenols is 1. The van der Waals surface area contributed by atoms with Gasteiger partial charge < -0.3 is 15.6 Å². The van der Waals surface area contributed by atoms with E-state index in [0.717, 1.165) is 11.6 Å². The standard InChI is InChI=1S/C17H19F2NO2/c1-2-22-17-8-11(3-6-16(17)21)7-12(10-20)14-5-4-13(18)9-15(14)19/h3-6,8-9,12,21H,2,7,10,20H2,1H3. The summed E-state index contributed by atoms with van der Waals surface area (Å²) in [6.07, 6.45) is 0.472. The minimum Gasteiger partial charge on any atom is -0.504 e. The summed E-state index contributed by atoms with van der Waals surface area (Å²) >= 11 is 0. The van der Waals surface area contributed by atoms with Crippen LogP contribution in [0.2, 0.25) is 0 Å². The van der Waals surface area contributed by atoms with Crippen molar-refractivity contribution in [3.8, 4) is 11.5 Å². The number of ether oxygens (including phenoxy) is 1. The largest absolute Gasteiger partial charge is 0.504 e. The second-order valence-electron chi connectivity index (χ2n) is 5.04. The molecule has 0 aliphatic carbocycles. The monoisotopic (exact) mass is 307 g/mol. The summed E-state index contributed by atoms with van der Waals surface area (Å²) in [5.74, 6) is -1.04. The van der Waals surface area contributed by atoms with E-state index in [1.54, 1.807) is 12.1 Å². The molecule has 0 aromatic heterocycles. The third kappa shape index (κ3) is 3.74. The van der Waals surface area contributed by atoms with E-state index in [9.17, 15) is 13.9 Å². The molecule has 0 saturated carbocycles. The van der Waals surface area contributed by atoms with Crippen molar-refractivity contribution in [2.24, 2.45) is 5.73 Å². The minimum atomic E-state index is -0.611. The van der Waals surface area contributed by atoms with E-state index in [4.69, 9.17) is 10.5 Å². The minimum absolute atomic E-state index is 0.0582. The maximum atomic E-state index is 13.9. The van der Waals surface area contributed by atoms with Gasteiger partial charge in [-0.3, -0.25) is 0 Å². The second kappa shape index (κ2) is 7.22. The Morgan fingerprint density at radius 2 is 1.95 bits per heavy atom. The van der Waals surface area contributed by atoms with E-state index in [2.05, 4.69) is 0 Å². The summed E-state index contributed by atoms with van der Waals surface area (Å²) in [5.41, 5.74) is 6.99. The van der Waals surface area contributed by atoms with E-state index < -0.39 is 11.6 Å². The molecule has 0 fully saturated rings. The molecule has 22 heavy (non-hydrogen) atoms. The lowest BCUT2D eigenvalue weighted by Crippen LogP contribution is -2.16. The van der Waals surface area contributed by atoms with Crippen molar-refractivity contribution in [2.75, 3.05) is 13.2 Å². The molecule has 3 nitrogen and oxygen atoms in total. The molecule has 1 unspecified atom stereocenters. The molecule has 2 aromatic carbocycles. The van der Waals surface area contributed by atoms with Gasteiger partial charge in [0.1, 0.15) is 11.6 Å². The van der Waals surface area contributed by atoms with Crippen molar-refractivity contribution in [1.29, 1.82) is 0 Å². The molecule has 0 bridgehead atoms. The molecular weight excluding hydrogens is 288 g/mol. The lowest BCUT2D eigenvalue weighted by molar-refractivity contribution is 0.317. The molecule has 118 valence electrons. The van der Waals surface area contributed by atoms with Gasteiger partial charge in [-0.2, -0.15) is 0 Å². The molecule has 0 heterocycles. The topological polar surface area (TPSA) is 55.5 Å². The number of hydrogen-bond acceptors (Lipinski definition) is 3. The molecular formula is C17H19F2NO2. The number of halogens is 2. The van der Waals surface area contributed by atoms with Crippen LogP contribution in [-0.2, 0) is 6.42 Å². The van der Waals surface area contributed by atoms with Gasteiger partial charge in [-0.05, 0) is 49.2 Å². The molecule has 0 aliphatic rings. The Bertz CT molecular complexity index is 647. The van der Waals surface area contributed by atoms with Crippen molar-refractivity contribution < 1.29 is 18.6 Å². The lowest BCUT2D eigenvalue weighted by atomic mass is 9.91. The number of benzene rings is 2. The van der Waals surface area contributed by atoms with Crippen LogP contribution in [0.25, 0.3) is 0 Å². The third-order valence-electron chi connectivity index (χ3n) is 3.49. The highest BCUT2D eigenvalue weighted by atomic mass is 19.1. The van der Waals surface area contributed by atoms with Crippen LogP contribution in [-0.4, -0.2) is 18.3 Å². The van der Waals surface area contributed by atoms with Crippen molar-refractivity contribution in [3.63, 3.8) is 0 Å². The average Bonchev–Trinajstić information content (AvgIpc) is 2.49. The average molecular weight is 307 g/mol. The number of nitrogens with two attached hydrogens (primary N) is 1. The molecule has 0 amide bonds. The second-order valence-corrected chi connectivity index (χ2v) is 5.04. The Balaban J connectivity index is 2.25. The maximum Gasteiger partial charge on any atom is 0.161 e. The van der Waals surface area contributed by atoms with Crippen LogP contribution in [0.1, 0.15) is 24.0 Å². The molecule has 0 radical (unpaired) electrons. The van der Waals surface area contributed by atoms with Crippen LogP contribution in [0.4, 0.5) is 8.78 Å². The zero-order valence-corrected chi connectivity index (χ0v) is 12.4. The van der Waals surface area contributed by atoms with E-state index in [-0.39, 0.29) is 18.2 Å². The summed E-state index contributed by atoms with van der Waals surface area (Å²) in [6, 6.07) is 8.50. The fourth-order valence-electron chi connectivity index (χ4n) is 2.39. The number of rotatable bonds is 6. The molecule has 0 aliphatic heterocycles. The van der Waals surface area contributed by atoms with Crippen molar-refractivity contribution in [2.45, 2.75) is 19.3 Å². The van der Waals surface area contributed by atoms with Gasteiger partial charge in [-0.1, -0.05) is 12.1 Å². The summed E-state index contributed by atoms with van der Waals surface area (Å²) in [6.45, 7) is 2.49. The highest BCUT2D eigenvalue weighted by Gasteiger charge is 2.16. The van der Waals surface area contributed by atoms with Gasteiger partial charge >= 0.3 is 0 Å². The zero-order chi connectivity index (χ0) is 16.1. The fourth-order valence-corrected chi connectivity index (χ4v) is 2.39. The Hall–Kier alpha value is -2.14.